The van der Waals surface area contributed by atoms with E-state index >= 15 is 0 Å². The lowest BCUT2D eigenvalue weighted by molar-refractivity contribution is 0.464. The number of hydrogen-bond donors (Lipinski definition) is 2. The van der Waals surface area contributed by atoms with Crippen LogP contribution in [0, 0.1) is 6.92 Å². The lowest BCUT2D eigenvalue weighted by Gasteiger charge is -2.10. The van der Waals surface area contributed by atoms with Crippen LogP contribution in [-0.4, -0.2) is 13.5 Å². The van der Waals surface area contributed by atoms with Crippen molar-refractivity contribution in [1.82, 2.24) is 0 Å². The summed E-state index contributed by atoms with van der Waals surface area (Å²) < 4.78 is 22.9. The Morgan fingerprint density at radius 1 is 1.05 bits per heavy atom. The van der Waals surface area contributed by atoms with Gasteiger partial charge in [-0.2, -0.15) is 0 Å². The Morgan fingerprint density at radius 3 is 2.40 bits per heavy atom. The molecule has 0 heterocycles. The summed E-state index contributed by atoms with van der Waals surface area (Å²) in [6.07, 6.45) is 3.34. The van der Waals surface area contributed by atoms with Crippen LogP contribution in [0.2, 0.25) is 0 Å². The highest BCUT2D eigenvalue weighted by molar-refractivity contribution is 7.73. The van der Waals surface area contributed by atoms with Crippen molar-refractivity contribution >= 4 is 16.8 Å². The molecule has 4 heteroatoms. The molecule has 0 spiro atoms. The van der Waals surface area contributed by atoms with Gasteiger partial charge in [-0.3, -0.25) is 0 Å². The first-order valence-corrected chi connectivity index (χ1v) is 7.49. The molecular weight excluding hydrogens is 272 g/mol. The van der Waals surface area contributed by atoms with E-state index in [0.717, 1.165) is 5.56 Å². The fourth-order valence-electron chi connectivity index (χ4n) is 1.97. The SMILES string of the molecule is Cc1cccc(C(C=Cc2ccccc2)[SH](=O)=O)c1O. The van der Waals surface area contributed by atoms with Crippen LogP contribution in [0.1, 0.15) is 21.9 Å². The third-order valence-electron chi connectivity index (χ3n) is 3.09. The molecule has 0 aromatic heterocycles. The molecule has 0 fully saturated rings. The van der Waals surface area contributed by atoms with E-state index in [-0.39, 0.29) is 5.75 Å². The monoisotopic (exact) mass is 288 g/mol. The molecule has 0 amide bonds. The Labute approximate surface area is 120 Å². The second-order valence-corrected chi connectivity index (χ2v) is 5.64. The predicted octanol–water partition coefficient (Wildman–Crippen LogP) is 3.07. The predicted molar refractivity (Wildman–Crippen MR) is 81.4 cm³/mol. The molecule has 20 heavy (non-hydrogen) atoms. The Balaban J connectivity index is 2.38. The molecule has 1 atom stereocenters. The van der Waals surface area contributed by atoms with Gasteiger partial charge in [-0.05, 0) is 18.1 Å². The minimum atomic E-state index is -2.71. The number of phenols is 1. The Hall–Kier alpha value is -2.07. The highest BCUT2D eigenvalue weighted by Gasteiger charge is 2.16. The second-order valence-electron chi connectivity index (χ2n) is 4.51. The number of aryl methyl sites for hydroxylation is 1. The third kappa shape index (κ3) is 3.27. The molecule has 0 aliphatic heterocycles. The van der Waals surface area contributed by atoms with Crippen LogP contribution in [0.3, 0.4) is 0 Å². The quantitative estimate of drug-likeness (QED) is 0.850. The first kappa shape index (κ1) is 14.3. The van der Waals surface area contributed by atoms with E-state index in [1.54, 1.807) is 37.3 Å². The fraction of sp³-hybridized carbons (Fsp3) is 0.125. The number of benzene rings is 2. The molecule has 0 saturated heterocycles. The van der Waals surface area contributed by atoms with Crippen LogP contribution in [0.25, 0.3) is 6.08 Å². The number of thiol groups is 1. The van der Waals surface area contributed by atoms with Crippen molar-refractivity contribution in [3.63, 3.8) is 0 Å². The van der Waals surface area contributed by atoms with Gasteiger partial charge in [0.05, 0.1) is 0 Å². The van der Waals surface area contributed by atoms with Gasteiger partial charge in [0.25, 0.3) is 0 Å². The molecule has 0 aliphatic rings. The fourth-order valence-corrected chi connectivity index (χ4v) is 2.64. The van der Waals surface area contributed by atoms with Crippen LogP contribution in [-0.2, 0) is 10.7 Å². The number of rotatable bonds is 4. The smallest absolute Gasteiger partial charge is 0.150 e. The van der Waals surface area contributed by atoms with Gasteiger partial charge in [-0.1, -0.05) is 60.7 Å². The van der Waals surface area contributed by atoms with Gasteiger partial charge in [-0.25, -0.2) is 8.42 Å². The van der Waals surface area contributed by atoms with Gasteiger partial charge in [0, 0.05) is 5.56 Å². The average molecular weight is 288 g/mol. The van der Waals surface area contributed by atoms with Crippen molar-refractivity contribution in [3.8, 4) is 5.75 Å². The molecule has 0 aliphatic carbocycles. The molecule has 2 aromatic rings. The first-order valence-electron chi connectivity index (χ1n) is 6.25. The minimum Gasteiger partial charge on any atom is -0.507 e. The summed E-state index contributed by atoms with van der Waals surface area (Å²) in [4.78, 5) is 0. The van der Waals surface area contributed by atoms with E-state index in [4.69, 9.17) is 0 Å². The molecular formula is C16H16O3S. The van der Waals surface area contributed by atoms with Crippen molar-refractivity contribution in [2.45, 2.75) is 12.2 Å². The van der Waals surface area contributed by atoms with E-state index in [0.29, 0.717) is 11.1 Å². The van der Waals surface area contributed by atoms with Crippen molar-refractivity contribution in [2.24, 2.45) is 0 Å². The Bertz CT molecular complexity index is 680. The Kier molecular flexibility index (Phi) is 4.58. The lowest BCUT2D eigenvalue weighted by atomic mass is 10.1. The zero-order chi connectivity index (χ0) is 14.5. The van der Waals surface area contributed by atoms with Crippen molar-refractivity contribution < 1.29 is 13.5 Å². The summed E-state index contributed by atoms with van der Waals surface area (Å²) in [5.74, 6) is 0.0365. The van der Waals surface area contributed by atoms with Gasteiger partial charge in [-0.15, -0.1) is 0 Å². The summed E-state index contributed by atoms with van der Waals surface area (Å²) in [5.41, 5.74) is 1.99. The largest absolute Gasteiger partial charge is 0.507 e. The van der Waals surface area contributed by atoms with Gasteiger partial charge in [0.2, 0.25) is 0 Å². The van der Waals surface area contributed by atoms with Crippen LogP contribution < -0.4 is 0 Å². The maximum atomic E-state index is 11.5. The van der Waals surface area contributed by atoms with Crippen LogP contribution in [0.5, 0.6) is 5.75 Å². The molecule has 3 nitrogen and oxygen atoms in total. The van der Waals surface area contributed by atoms with E-state index in [9.17, 15) is 13.5 Å². The zero-order valence-electron chi connectivity index (χ0n) is 11.1. The van der Waals surface area contributed by atoms with Crippen LogP contribution in [0.4, 0.5) is 0 Å². The lowest BCUT2D eigenvalue weighted by Crippen LogP contribution is -1.98. The van der Waals surface area contributed by atoms with Gasteiger partial charge in [0.1, 0.15) is 11.0 Å². The number of phenolic OH excluding ortho intramolecular Hbond substituents is 1. The molecule has 1 unspecified atom stereocenters. The minimum absolute atomic E-state index is 0.0365. The molecule has 0 bridgehead atoms. The summed E-state index contributed by atoms with van der Waals surface area (Å²) in [7, 11) is -2.71. The molecule has 2 rings (SSSR count). The Morgan fingerprint density at radius 2 is 1.75 bits per heavy atom. The normalized spacial score (nSPS) is 12.9. The molecule has 2 aromatic carbocycles. The first-order chi connectivity index (χ1) is 9.59. The molecule has 1 N–H and O–H groups in total. The van der Waals surface area contributed by atoms with Crippen LogP contribution in [0.15, 0.2) is 54.6 Å². The average Bonchev–Trinajstić information content (AvgIpc) is 2.44. The number of para-hydroxylation sites is 1. The van der Waals surface area contributed by atoms with Gasteiger partial charge >= 0.3 is 0 Å². The third-order valence-corrected chi connectivity index (χ3v) is 3.99. The molecule has 0 radical (unpaired) electrons. The summed E-state index contributed by atoms with van der Waals surface area (Å²) in [6.45, 7) is 1.74. The molecule has 0 saturated carbocycles. The van der Waals surface area contributed by atoms with E-state index in [1.165, 1.54) is 0 Å². The topological polar surface area (TPSA) is 54.4 Å². The maximum absolute atomic E-state index is 11.5. The second kappa shape index (κ2) is 6.39. The summed E-state index contributed by atoms with van der Waals surface area (Å²) in [6, 6.07) is 14.6. The van der Waals surface area contributed by atoms with E-state index in [2.05, 4.69) is 0 Å². The summed E-state index contributed by atoms with van der Waals surface area (Å²) >= 11 is 0. The van der Waals surface area contributed by atoms with E-state index in [1.807, 2.05) is 30.3 Å². The van der Waals surface area contributed by atoms with Crippen molar-refractivity contribution in [3.05, 3.63) is 71.3 Å². The van der Waals surface area contributed by atoms with Crippen molar-refractivity contribution in [2.75, 3.05) is 0 Å². The zero-order valence-corrected chi connectivity index (χ0v) is 12.0. The van der Waals surface area contributed by atoms with Gasteiger partial charge < -0.3 is 5.11 Å². The highest BCUT2D eigenvalue weighted by atomic mass is 32.2. The number of aromatic hydroxyl groups is 1. The standard InChI is InChI=1S/C16H16O3S/c1-12-6-5-9-14(16(12)17)15(20(18)19)11-10-13-7-3-2-4-8-13/h2-11,15,17,20H,1H3. The molecule has 104 valence electrons. The highest BCUT2D eigenvalue weighted by Crippen LogP contribution is 2.30. The summed E-state index contributed by atoms with van der Waals surface area (Å²) in [5, 5.41) is 9.18. The maximum Gasteiger partial charge on any atom is 0.150 e. The number of hydrogen-bond acceptors (Lipinski definition) is 3. The van der Waals surface area contributed by atoms with Crippen molar-refractivity contribution in [1.29, 1.82) is 0 Å². The van der Waals surface area contributed by atoms with Crippen LogP contribution >= 0.6 is 0 Å². The van der Waals surface area contributed by atoms with Gasteiger partial charge in [0.15, 0.2) is 10.7 Å². The van der Waals surface area contributed by atoms with E-state index < -0.39 is 16.0 Å².